The SMILES string of the molecule is CCNC1(C(=O)OC)CCC(N2CCCC2C(C)C)C1. The van der Waals surface area contributed by atoms with E-state index in [-0.39, 0.29) is 5.97 Å². The van der Waals surface area contributed by atoms with E-state index in [0.717, 1.165) is 25.8 Å². The van der Waals surface area contributed by atoms with Crippen molar-refractivity contribution in [3.63, 3.8) is 0 Å². The fraction of sp³-hybridized carbons (Fsp3) is 0.938. The zero-order valence-electron chi connectivity index (χ0n) is 13.4. The van der Waals surface area contributed by atoms with Crippen LogP contribution in [0.3, 0.4) is 0 Å². The Hall–Kier alpha value is -0.610. The molecule has 1 aliphatic heterocycles. The summed E-state index contributed by atoms with van der Waals surface area (Å²) in [5.74, 6) is 0.618. The normalized spacial score (nSPS) is 34.9. The van der Waals surface area contributed by atoms with Gasteiger partial charge in [0.25, 0.3) is 0 Å². The minimum absolute atomic E-state index is 0.0813. The van der Waals surface area contributed by atoms with E-state index in [4.69, 9.17) is 4.74 Å². The van der Waals surface area contributed by atoms with Gasteiger partial charge >= 0.3 is 5.97 Å². The van der Waals surface area contributed by atoms with Crippen LogP contribution in [0.1, 0.15) is 52.9 Å². The maximum Gasteiger partial charge on any atom is 0.326 e. The van der Waals surface area contributed by atoms with Crippen LogP contribution in [0.5, 0.6) is 0 Å². The molecule has 1 saturated carbocycles. The van der Waals surface area contributed by atoms with E-state index >= 15 is 0 Å². The number of methoxy groups -OCH3 is 1. The summed E-state index contributed by atoms with van der Waals surface area (Å²) >= 11 is 0. The Kier molecular flexibility index (Phi) is 5.08. The molecule has 0 radical (unpaired) electrons. The highest BCUT2D eigenvalue weighted by atomic mass is 16.5. The monoisotopic (exact) mass is 282 g/mol. The van der Waals surface area contributed by atoms with E-state index in [9.17, 15) is 4.79 Å². The summed E-state index contributed by atoms with van der Waals surface area (Å²) < 4.78 is 5.06. The smallest absolute Gasteiger partial charge is 0.326 e. The lowest BCUT2D eigenvalue weighted by Crippen LogP contribution is -2.52. The number of hydrogen-bond acceptors (Lipinski definition) is 4. The Bertz CT molecular complexity index is 345. The molecule has 4 nitrogen and oxygen atoms in total. The topological polar surface area (TPSA) is 41.6 Å². The number of nitrogens with zero attached hydrogens (tertiary/aromatic N) is 1. The number of likely N-dealkylation sites (N-methyl/N-ethyl adjacent to an activating group) is 1. The molecule has 0 spiro atoms. The third kappa shape index (κ3) is 2.86. The van der Waals surface area contributed by atoms with Gasteiger partial charge in [-0.3, -0.25) is 9.69 Å². The average molecular weight is 282 g/mol. The summed E-state index contributed by atoms with van der Waals surface area (Å²) in [6.07, 6.45) is 5.51. The Labute approximate surface area is 123 Å². The van der Waals surface area contributed by atoms with Gasteiger partial charge in [0.05, 0.1) is 7.11 Å². The van der Waals surface area contributed by atoms with Crippen LogP contribution in [-0.2, 0) is 9.53 Å². The highest BCUT2D eigenvalue weighted by molar-refractivity contribution is 5.81. The van der Waals surface area contributed by atoms with E-state index in [1.807, 2.05) is 0 Å². The molecular formula is C16H30N2O2. The minimum Gasteiger partial charge on any atom is -0.468 e. The van der Waals surface area contributed by atoms with Gasteiger partial charge in [-0.15, -0.1) is 0 Å². The van der Waals surface area contributed by atoms with Gasteiger partial charge in [-0.2, -0.15) is 0 Å². The third-order valence-corrected chi connectivity index (χ3v) is 5.16. The van der Waals surface area contributed by atoms with Crippen LogP contribution in [0.15, 0.2) is 0 Å². The first kappa shape index (κ1) is 15.8. The van der Waals surface area contributed by atoms with Crippen LogP contribution in [0, 0.1) is 5.92 Å². The Morgan fingerprint density at radius 2 is 2.20 bits per heavy atom. The van der Waals surface area contributed by atoms with Crippen molar-refractivity contribution < 1.29 is 9.53 Å². The van der Waals surface area contributed by atoms with E-state index < -0.39 is 5.54 Å². The van der Waals surface area contributed by atoms with Crippen LogP contribution >= 0.6 is 0 Å². The number of carbonyl (C=O) groups is 1. The largest absolute Gasteiger partial charge is 0.468 e. The van der Waals surface area contributed by atoms with Crippen LogP contribution < -0.4 is 5.32 Å². The predicted molar refractivity (Wildman–Crippen MR) is 80.6 cm³/mol. The van der Waals surface area contributed by atoms with Gasteiger partial charge in [-0.25, -0.2) is 0 Å². The van der Waals surface area contributed by atoms with Crippen molar-refractivity contribution in [3.8, 4) is 0 Å². The molecule has 1 saturated heterocycles. The van der Waals surface area contributed by atoms with Gasteiger partial charge in [0.15, 0.2) is 0 Å². The first-order chi connectivity index (χ1) is 9.54. The quantitative estimate of drug-likeness (QED) is 0.785. The maximum absolute atomic E-state index is 12.2. The average Bonchev–Trinajstić information content (AvgIpc) is 3.04. The molecule has 3 atom stereocenters. The lowest BCUT2D eigenvalue weighted by Gasteiger charge is -2.34. The molecule has 3 unspecified atom stereocenters. The number of hydrogen-bond donors (Lipinski definition) is 1. The van der Waals surface area contributed by atoms with Crippen LogP contribution in [0.4, 0.5) is 0 Å². The van der Waals surface area contributed by atoms with Crippen LogP contribution in [0.25, 0.3) is 0 Å². The molecule has 0 bridgehead atoms. The second-order valence-corrected chi connectivity index (χ2v) is 6.69. The highest BCUT2D eigenvalue weighted by Crippen LogP contribution is 2.38. The predicted octanol–water partition coefficient (Wildman–Crippen LogP) is 2.18. The number of esters is 1. The van der Waals surface area contributed by atoms with Gasteiger partial charge in [-0.1, -0.05) is 20.8 Å². The standard InChI is InChI=1S/C16H30N2O2/c1-5-17-16(15(19)20-4)9-8-13(11-16)18-10-6-7-14(18)12(2)3/h12-14,17H,5-11H2,1-4H3. The number of nitrogens with one attached hydrogen (secondary N) is 1. The van der Waals surface area contributed by atoms with Gasteiger partial charge in [-0.05, 0) is 51.1 Å². The molecule has 1 heterocycles. The lowest BCUT2D eigenvalue weighted by atomic mass is 9.96. The summed E-state index contributed by atoms with van der Waals surface area (Å²) in [5, 5.41) is 3.40. The molecule has 2 aliphatic rings. The van der Waals surface area contributed by atoms with Gasteiger partial charge in [0.1, 0.15) is 5.54 Å². The molecule has 20 heavy (non-hydrogen) atoms. The van der Waals surface area contributed by atoms with Crippen LogP contribution in [-0.4, -0.2) is 48.7 Å². The first-order valence-electron chi connectivity index (χ1n) is 8.13. The minimum atomic E-state index is -0.446. The molecule has 0 amide bonds. The van der Waals surface area contributed by atoms with Crippen molar-refractivity contribution in [2.75, 3.05) is 20.2 Å². The van der Waals surface area contributed by atoms with Crippen molar-refractivity contribution in [1.29, 1.82) is 0 Å². The summed E-state index contributed by atoms with van der Waals surface area (Å²) in [5.41, 5.74) is -0.446. The second-order valence-electron chi connectivity index (χ2n) is 6.69. The fourth-order valence-corrected chi connectivity index (χ4v) is 4.24. The summed E-state index contributed by atoms with van der Waals surface area (Å²) in [4.78, 5) is 14.9. The highest BCUT2D eigenvalue weighted by Gasteiger charge is 2.48. The first-order valence-corrected chi connectivity index (χ1v) is 8.13. The fourth-order valence-electron chi connectivity index (χ4n) is 4.24. The van der Waals surface area contributed by atoms with Crippen molar-refractivity contribution >= 4 is 5.97 Å². The Balaban J connectivity index is 2.08. The second kappa shape index (κ2) is 6.44. The molecule has 116 valence electrons. The zero-order valence-corrected chi connectivity index (χ0v) is 13.4. The van der Waals surface area contributed by atoms with E-state index in [2.05, 4.69) is 31.0 Å². The zero-order chi connectivity index (χ0) is 14.8. The maximum atomic E-state index is 12.2. The number of ether oxygens (including phenoxy) is 1. The number of rotatable bonds is 5. The summed E-state index contributed by atoms with van der Waals surface area (Å²) in [7, 11) is 1.50. The van der Waals surface area contributed by atoms with Crippen LogP contribution in [0.2, 0.25) is 0 Å². The van der Waals surface area contributed by atoms with Crippen molar-refractivity contribution in [3.05, 3.63) is 0 Å². The summed E-state index contributed by atoms with van der Waals surface area (Å²) in [6, 6.07) is 1.22. The molecule has 4 heteroatoms. The molecule has 1 aliphatic carbocycles. The third-order valence-electron chi connectivity index (χ3n) is 5.16. The van der Waals surface area contributed by atoms with E-state index in [1.54, 1.807) is 0 Å². The Morgan fingerprint density at radius 1 is 1.45 bits per heavy atom. The molecule has 2 fully saturated rings. The number of likely N-dealkylation sites (tertiary alicyclic amines) is 1. The molecule has 0 aromatic heterocycles. The van der Waals surface area contributed by atoms with Gasteiger partial charge in [0.2, 0.25) is 0 Å². The molecule has 1 N–H and O–H groups in total. The Morgan fingerprint density at radius 3 is 2.80 bits per heavy atom. The van der Waals surface area contributed by atoms with Gasteiger partial charge in [0, 0.05) is 12.1 Å². The van der Waals surface area contributed by atoms with E-state index in [0.29, 0.717) is 18.0 Å². The molecule has 2 rings (SSSR count). The van der Waals surface area contributed by atoms with Crippen molar-refractivity contribution in [2.45, 2.75) is 70.5 Å². The van der Waals surface area contributed by atoms with Crippen molar-refractivity contribution in [1.82, 2.24) is 10.2 Å². The lowest BCUT2D eigenvalue weighted by molar-refractivity contribution is -0.148. The van der Waals surface area contributed by atoms with Crippen molar-refractivity contribution in [2.24, 2.45) is 5.92 Å². The molecule has 0 aromatic carbocycles. The molecule has 0 aromatic rings. The van der Waals surface area contributed by atoms with Gasteiger partial charge < -0.3 is 10.1 Å². The molecular weight excluding hydrogens is 252 g/mol. The number of carbonyl (C=O) groups excluding carboxylic acids is 1. The summed E-state index contributed by atoms with van der Waals surface area (Å²) in [6.45, 7) is 8.70. The van der Waals surface area contributed by atoms with E-state index in [1.165, 1.54) is 26.5 Å².